The number of rotatable bonds is 4. The molecule has 1 fully saturated rings. The zero-order chi connectivity index (χ0) is 9.97. The van der Waals surface area contributed by atoms with Gasteiger partial charge in [-0.2, -0.15) is 0 Å². The van der Waals surface area contributed by atoms with Crippen molar-refractivity contribution in [3.63, 3.8) is 0 Å². The average Bonchev–Trinajstić information content (AvgIpc) is 2.49. The number of aromatic nitrogens is 3. The van der Waals surface area contributed by atoms with Crippen molar-refractivity contribution in [1.29, 1.82) is 0 Å². The molecule has 0 saturated heterocycles. The van der Waals surface area contributed by atoms with Crippen molar-refractivity contribution < 1.29 is 5.11 Å². The van der Waals surface area contributed by atoms with Crippen molar-refractivity contribution in [2.45, 2.75) is 45.3 Å². The summed E-state index contributed by atoms with van der Waals surface area (Å²) >= 11 is 0. The first-order chi connectivity index (χ1) is 6.83. The highest BCUT2D eigenvalue weighted by atomic mass is 16.3. The summed E-state index contributed by atoms with van der Waals surface area (Å²) in [4.78, 5) is 0. The van der Waals surface area contributed by atoms with Crippen molar-refractivity contribution in [3.05, 3.63) is 11.9 Å². The quantitative estimate of drug-likeness (QED) is 0.792. The number of aryl methyl sites for hydroxylation is 1. The molecule has 2 rings (SSSR count). The molecule has 0 spiro atoms. The summed E-state index contributed by atoms with van der Waals surface area (Å²) in [7, 11) is 0. The van der Waals surface area contributed by atoms with Gasteiger partial charge in [-0.3, -0.25) is 0 Å². The van der Waals surface area contributed by atoms with Crippen molar-refractivity contribution in [3.8, 4) is 0 Å². The summed E-state index contributed by atoms with van der Waals surface area (Å²) in [6.45, 7) is 2.94. The molecule has 4 nitrogen and oxygen atoms in total. The minimum absolute atomic E-state index is 0.356. The van der Waals surface area contributed by atoms with Crippen LogP contribution in [0.15, 0.2) is 6.20 Å². The van der Waals surface area contributed by atoms with Crippen LogP contribution in [0.3, 0.4) is 0 Å². The molecule has 4 heteroatoms. The molecule has 1 N–H and O–H groups in total. The number of aliphatic hydroxyl groups is 1. The third-order valence-corrected chi connectivity index (χ3v) is 2.98. The van der Waals surface area contributed by atoms with Gasteiger partial charge >= 0.3 is 0 Å². The van der Waals surface area contributed by atoms with Gasteiger partial charge in [0.05, 0.1) is 11.9 Å². The number of hydrogen-bond acceptors (Lipinski definition) is 3. The summed E-state index contributed by atoms with van der Waals surface area (Å²) in [5.41, 5.74) is 0.886. The van der Waals surface area contributed by atoms with Gasteiger partial charge in [-0.05, 0) is 25.2 Å². The standard InChI is InChI=1S/C10H17N3O/c1-2-6-13-9(7-11-12-13)10(14)8-4-3-5-8/h7-8,10,14H,2-6H2,1H3. The fraction of sp³-hybridized carbons (Fsp3) is 0.800. The Hall–Kier alpha value is -0.900. The highest BCUT2D eigenvalue weighted by Crippen LogP contribution is 2.37. The van der Waals surface area contributed by atoms with Crippen LogP contribution < -0.4 is 0 Å². The van der Waals surface area contributed by atoms with Gasteiger partial charge in [0, 0.05) is 6.54 Å². The van der Waals surface area contributed by atoms with E-state index in [9.17, 15) is 5.11 Å². The minimum Gasteiger partial charge on any atom is -0.386 e. The van der Waals surface area contributed by atoms with Gasteiger partial charge < -0.3 is 5.11 Å². The van der Waals surface area contributed by atoms with Crippen LogP contribution in [0.1, 0.15) is 44.4 Å². The Kier molecular flexibility index (Phi) is 2.82. The lowest BCUT2D eigenvalue weighted by Gasteiger charge is -2.30. The lowest BCUT2D eigenvalue weighted by molar-refractivity contribution is 0.0546. The highest BCUT2D eigenvalue weighted by Gasteiger charge is 2.29. The van der Waals surface area contributed by atoms with E-state index in [1.165, 1.54) is 6.42 Å². The second-order valence-corrected chi connectivity index (χ2v) is 4.02. The Morgan fingerprint density at radius 2 is 2.43 bits per heavy atom. The third-order valence-electron chi connectivity index (χ3n) is 2.98. The number of nitrogens with zero attached hydrogens (tertiary/aromatic N) is 3. The van der Waals surface area contributed by atoms with Crippen LogP contribution in [-0.2, 0) is 6.54 Å². The molecule has 1 aliphatic rings. The topological polar surface area (TPSA) is 50.9 Å². The molecule has 1 saturated carbocycles. The van der Waals surface area contributed by atoms with Crippen LogP contribution in [0.2, 0.25) is 0 Å². The zero-order valence-corrected chi connectivity index (χ0v) is 8.56. The maximum atomic E-state index is 10.0. The van der Waals surface area contributed by atoms with Gasteiger partial charge in [0.2, 0.25) is 0 Å². The predicted octanol–water partition coefficient (Wildman–Crippen LogP) is 1.52. The van der Waals surface area contributed by atoms with E-state index in [0.717, 1.165) is 31.5 Å². The molecular weight excluding hydrogens is 178 g/mol. The lowest BCUT2D eigenvalue weighted by atomic mass is 9.80. The predicted molar refractivity (Wildman–Crippen MR) is 52.6 cm³/mol. The summed E-state index contributed by atoms with van der Waals surface area (Å²) in [6, 6.07) is 0. The van der Waals surface area contributed by atoms with Crippen molar-refractivity contribution in [1.82, 2.24) is 15.0 Å². The summed E-state index contributed by atoms with van der Waals surface area (Å²) < 4.78 is 1.82. The number of hydrogen-bond donors (Lipinski definition) is 1. The van der Waals surface area contributed by atoms with E-state index in [4.69, 9.17) is 0 Å². The monoisotopic (exact) mass is 195 g/mol. The summed E-state index contributed by atoms with van der Waals surface area (Å²) in [5.74, 6) is 0.434. The Balaban J connectivity index is 2.09. The molecule has 1 atom stereocenters. The second-order valence-electron chi connectivity index (χ2n) is 4.02. The maximum Gasteiger partial charge on any atom is 0.100 e. The normalized spacial score (nSPS) is 19.3. The molecule has 1 unspecified atom stereocenters. The van der Waals surface area contributed by atoms with Crippen molar-refractivity contribution in [2.75, 3.05) is 0 Å². The third kappa shape index (κ3) is 1.66. The molecule has 0 aliphatic heterocycles. The van der Waals surface area contributed by atoms with Crippen LogP contribution in [0.4, 0.5) is 0 Å². The molecule has 0 amide bonds. The Morgan fingerprint density at radius 1 is 1.64 bits per heavy atom. The molecule has 0 radical (unpaired) electrons. The van der Waals surface area contributed by atoms with E-state index in [1.54, 1.807) is 6.20 Å². The van der Waals surface area contributed by atoms with E-state index in [-0.39, 0.29) is 6.10 Å². The van der Waals surface area contributed by atoms with E-state index < -0.39 is 0 Å². The van der Waals surface area contributed by atoms with Crippen LogP contribution in [-0.4, -0.2) is 20.1 Å². The van der Waals surface area contributed by atoms with Crippen LogP contribution >= 0.6 is 0 Å². The minimum atomic E-state index is -0.356. The maximum absolute atomic E-state index is 10.0. The van der Waals surface area contributed by atoms with Gasteiger partial charge in [0.15, 0.2) is 0 Å². The molecule has 1 heterocycles. The molecule has 0 bridgehead atoms. The molecule has 1 aromatic rings. The summed E-state index contributed by atoms with van der Waals surface area (Å²) in [6.07, 6.45) is 5.88. The lowest BCUT2D eigenvalue weighted by Crippen LogP contribution is -2.22. The van der Waals surface area contributed by atoms with Crippen LogP contribution in [0, 0.1) is 5.92 Å². The molecule has 1 aliphatic carbocycles. The van der Waals surface area contributed by atoms with E-state index >= 15 is 0 Å². The van der Waals surface area contributed by atoms with Crippen LogP contribution in [0.25, 0.3) is 0 Å². The zero-order valence-electron chi connectivity index (χ0n) is 8.56. The van der Waals surface area contributed by atoms with Gasteiger partial charge in [0.25, 0.3) is 0 Å². The van der Waals surface area contributed by atoms with Crippen LogP contribution in [0.5, 0.6) is 0 Å². The van der Waals surface area contributed by atoms with Gasteiger partial charge in [-0.15, -0.1) is 5.10 Å². The first kappa shape index (κ1) is 9.65. The molecule has 1 aromatic heterocycles. The smallest absolute Gasteiger partial charge is 0.100 e. The largest absolute Gasteiger partial charge is 0.386 e. The Labute approximate surface area is 83.9 Å². The van der Waals surface area contributed by atoms with Gasteiger partial charge in [0.1, 0.15) is 6.10 Å². The summed E-state index contributed by atoms with van der Waals surface area (Å²) in [5, 5.41) is 17.9. The molecular formula is C10H17N3O. The molecule has 14 heavy (non-hydrogen) atoms. The van der Waals surface area contributed by atoms with E-state index in [0.29, 0.717) is 5.92 Å². The Morgan fingerprint density at radius 3 is 3.00 bits per heavy atom. The van der Waals surface area contributed by atoms with Gasteiger partial charge in [-0.25, -0.2) is 4.68 Å². The van der Waals surface area contributed by atoms with Gasteiger partial charge in [-0.1, -0.05) is 18.6 Å². The molecule has 0 aromatic carbocycles. The Bertz CT molecular complexity index is 293. The number of aliphatic hydroxyl groups excluding tert-OH is 1. The average molecular weight is 195 g/mol. The van der Waals surface area contributed by atoms with Crippen molar-refractivity contribution >= 4 is 0 Å². The fourth-order valence-corrected chi connectivity index (χ4v) is 1.88. The van der Waals surface area contributed by atoms with E-state index in [2.05, 4.69) is 17.2 Å². The van der Waals surface area contributed by atoms with Crippen molar-refractivity contribution in [2.24, 2.45) is 5.92 Å². The second kappa shape index (κ2) is 4.09. The highest BCUT2D eigenvalue weighted by molar-refractivity contribution is 5.02. The molecule has 78 valence electrons. The fourth-order valence-electron chi connectivity index (χ4n) is 1.88. The first-order valence-corrected chi connectivity index (χ1v) is 5.39. The first-order valence-electron chi connectivity index (χ1n) is 5.39. The SMILES string of the molecule is CCCn1nncc1C(O)C1CCC1. The van der Waals surface area contributed by atoms with E-state index in [1.807, 2.05) is 4.68 Å².